The van der Waals surface area contributed by atoms with E-state index in [9.17, 15) is 13.2 Å². The number of amidine groups is 1. The largest absolute Gasteiger partial charge is 0.497 e. The number of rotatable bonds is 4. The van der Waals surface area contributed by atoms with E-state index >= 15 is 0 Å². The highest BCUT2D eigenvalue weighted by molar-refractivity contribution is 8.16. The molecule has 29 heavy (non-hydrogen) atoms. The van der Waals surface area contributed by atoms with Crippen LogP contribution in [0, 0.1) is 0 Å². The number of sulfone groups is 1. The molecule has 9 heteroatoms. The standard InChI is InChI=1S/C20H19ClN2O4S2/c1-27-16-7-5-13(6-8-16)9-19(24)22-20-23(15-4-2-3-14(21)10-15)17-11-29(25,26)12-18(17)28-20/h2-8,10,17-18H,9,11-12H2,1H3/t17-,18+/m1/s1. The third-order valence-electron chi connectivity index (χ3n) is 4.89. The lowest BCUT2D eigenvalue weighted by Gasteiger charge is -2.24. The van der Waals surface area contributed by atoms with Crippen LogP contribution in [0.5, 0.6) is 5.75 Å². The monoisotopic (exact) mass is 450 g/mol. The van der Waals surface area contributed by atoms with E-state index in [0.717, 1.165) is 17.0 Å². The molecule has 2 aliphatic rings. The normalized spacial score (nSPS) is 23.9. The number of aliphatic imine (C=N–C) groups is 1. The van der Waals surface area contributed by atoms with Crippen molar-refractivity contribution < 1.29 is 17.9 Å². The first-order valence-corrected chi connectivity index (χ1v) is 12.1. The van der Waals surface area contributed by atoms with Crippen molar-refractivity contribution in [3.8, 4) is 5.75 Å². The Kier molecular flexibility index (Phi) is 5.59. The number of hydrogen-bond acceptors (Lipinski definition) is 5. The lowest BCUT2D eigenvalue weighted by atomic mass is 10.1. The van der Waals surface area contributed by atoms with Gasteiger partial charge in [-0.15, -0.1) is 0 Å². The molecule has 6 nitrogen and oxygen atoms in total. The quantitative estimate of drug-likeness (QED) is 0.712. The number of thioether (sulfide) groups is 1. The fourth-order valence-corrected chi connectivity index (χ4v) is 7.67. The first-order valence-electron chi connectivity index (χ1n) is 9.01. The molecule has 2 aromatic rings. The third kappa shape index (κ3) is 4.44. The van der Waals surface area contributed by atoms with Crippen molar-refractivity contribution in [1.29, 1.82) is 0 Å². The van der Waals surface area contributed by atoms with Crippen LogP contribution in [0.25, 0.3) is 0 Å². The molecule has 4 rings (SSSR count). The molecule has 0 aliphatic carbocycles. The zero-order chi connectivity index (χ0) is 20.6. The molecule has 2 aliphatic heterocycles. The second kappa shape index (κ2) is 8.01. The summed E-state index contributed by atoms with van der Waals surface area (Å²) >= 11 is 7.49. The van der Waals surface area contributed by atoms with Crippen LogP contribution in [0.15, 0.2) is 53.5 Å². The molecule has 152 valence electrons. The van der Waals surface area contributed by atoms with Gasteiger partial charge in [0.25, 0.3) is 5.91 Å². The van der Waals surface area contributed by atoms with Crippen molar-refractivity contribution in [2.75, 3.05) is 23.5 Å². The summed E-state index contributed by atoms with van der Waals surface area (Å²) in [6, 6.07) is 14.2. The third-order valence-corrected chi connectivity index (χ3v) is 8.33. The number of halogens is 1. The molecule has 2 aromatic carbocycles. The van der Waals surface area contributed by atoms with E-state index in [1.165, 1.54) is 11.8 Å². The Morgan fingerprint density at radius 2 is 2.00 bits per heavy atom. The Morgan fingerprint density at radius 3 is 2.69 bits per heavy atom. The molecule has 0 radical (unpaired) electrons. The predicted molar refractivity (Wildman–Crippen MR) is 117 cm³/mol. The molecule has 2 heterocycles. The number of carbonyl (C=O) groups is 1. The van der Waals surface area contributed by atoms with Gasteiger partial charge in [0.15, 0.2) is 15.0 Å². The van der Waals surface area contributed by atoms with Crippen LogP contribution in [0.2, 0.25) is 5.02 Å². The zero-order valence-corrected chi connectivity index (χ0v) is 18.0. The number of benzene rings is 2. The Bertz CT molecular complexity index is 1070. The van der Waals surface area contributed by atoms with Crippen LogP contribution in [0.1, 0.15) is 5.56 Å². The fourth-order valence-electron chi connectivity index (χ4n) is 3.56. The fraction of sp³-hybridized carbons (Fsp3) is 0.300. The summed E-state index contributed by atoms with van der Waals surface area (Å²) in [5, 5.41) is 0.919. The smallest absolute Gasteiger partial charge is 0.252 e. The second-order valence-corrected chi connectivity index (χ2v) is 10.8. The van der Waals surface area contributed by atoms with Gasteiger partial charge in [0.1, 0.15) is 5.75 Å². The Balaban J connectivity index is 1.61. The minimum atomic E-state index is -3.11. The number of methoxy groups -OCH3 is 1. The molecule has 2 fully saturated rings. The maximum Gasteiger partial charge on any atom is 0.252 e. The van der Waals surface area contributed by atoms with Crippen molar-refractivity contribution >= 4 is 50.0 Å². The lowest BCUT2D eigenvalue weighted by Crippen LogP contribution is -2.37. The molecule has 1 amide bonds. The van der Waals surface area contributed by atoms with E-state index < -0.39 is 9.84 Å². The molecule has 0 N–H and O–H groups in total. The molecule has 0 spiro atoms. The highest BCUT2D eigenvalue weighted by Crippen LogP contribution is 2.41. The van der Waals surface area contributed by atoms with E-state index in [2.05, 4.69) is 4.99 Å². The summed E-state index contributed by atoms with van der Waals surface area (Å²) in [6.07, 6.45) is 0.158. The van der Waals surface area contributed by atoms with Gasteiger partial charge in [0.05, 0.1) is 31.1 Å². The first-order chi connectivity index (χ1) is 13.8. The Hall–Kier alpha value is -2.03. The average molecular weight is 451 g/mol. The Morgan fingerprint density at radius 1 is 1.24 bits per heavy atom. The zero-order valence-electron chi connectivity index (χ0n) is 15.6. The van der Waals surface area contributed by atoms with Crippen molar-refractivity contribution in [3.05, 3.63) is 59.1 Å². The maximum absolute atomic E-state index is 12.6. The Labute approximate surface area is 178 Å². The van der Waals surface area contributed by atoms with Crippen LogP contribution in [-0.2, 0) is 21.1 Å². The number of anilines is 1. The number of amides is 1. The van der Waals surface area contributed by atoms with Gasteiger partial charge < -0.3 is 9.64 Å². The van der Waals surface area contributed by atoms with Gasteiger partial charge in [0, 0.05) is 16.0 Å². The van der Waals surface area contributed by atoms with Crippen LogP contribution in [0.4, 0.5) is 5.69 Å². The number of carbonyl (C=O) groups excluding carboxylic acids is 1. The first kappa shape index (κ1) is 20.3. The van der Waals surface area contributed by atoms with Crippen LogP contribution in [0.3, 0.4) is 0 Å². The number of nitrogens with zero attached hydrogens (tertiary/aromatic N) is 2. The SMILES string of the molecule is COc1ccc(CC(=O)N=C2S[C@H]3CS(=O)(=O)C[C@H]3N2c2cccc(Cl)c2)cc1. The average Bonchev–Trinajstić information content (AvgIpc) is 3.12. The summed E-state index contributed by atoms with van der Waals surface area (Å²) in [5.74, 6) is 0.570. The highest BCUT2D eigenvalue weighted by Gasteiger charge is 2.49. The number of ether oxygens (including phenoxy) is 1. The van der Waals surface area contributed by atoms with E-state index in [1.807, 2.05) is 23.1 Å². The van der Waals surface area contributed by atoms with Gasteiger partial charge >= 0.3 is 0 Å². The van der Waals surface area contributed by atoms with Gasteiger partial charge in [-0.05, 0) is 35.9 Å². The molecule has 0 aromatic heterocycles. The number of hydrogen-bond donors (Lipinski definition) is 0. The van der Waals surface area contributed by atoms with Crippen LogP contribution in [-0.4, -0.2) is 49.4 Å². The van der Waals surface area contributed by atoms with Gasteiger partial charge in [-0.25, -0.2) is 8.42 Å². The van der Waals surface area contributed by atoms with Gasteiger partial charge in [-0.3, -0.25) is 4.79 Å². The minimum Gasteiger partial charge on any atom is -0.497 e. The van der Waals surface area contributed by atoms with Crippen LogP contribution >= 0.6 is 23.4 Å². The molecule has 2 saturated heterocycles. The van der Waals surface area contributed by atoms with Crippen molar-refractivity contribution in [2.24, 2.45) is 4.99 Å². The van der Waals surface area contributed by atoms with Gasteiger partial charge in [-0.1, -0.05) is 41.6 Å². The van der Waals surface area contributed by atoms with E-state index in [0.29, 0.717) is 10.2 Å². The molecule has 0 bridgehead atoms. The van der Waals surface area contributed by atoms with Crippen molar-refractivity contribution in [3.63, 3.8) is 0 Å². The summed E-state index contributed by atoms with van der Waals surface area (Å²) in [7, 11) is -1.52. The second-order valence-electron chi connectivity index (χ2n) is 6.96. The molecular weight excluding hydrogens is 432 g/mol. The van der Waals surface area contributed by atoms with Gasteiger partial charge in [-0.2, -0.15) is 4.99 Å². The summed E-state index contributed by atoms with van der Waals surface area (Å²) < 4.78 is 29.4. The number of fused-ring (bicyclic) bond motifs is 1. The molecular formula is C20H19ClN2O4S2. The topological polar surface area (TPSA) is 76.0 Å². The molecule has 0 saturated carbocycles. The lowest BCUT2D eigenvalue weighted by molar-refractivity contribution is -0.117. The van der Waals surface area contributed by atoms with Crippen molar-refractivity contribution in [2.45, 2.75) is 17.7 Å². The van der Waals surface area contributed by atoms with Crippen LogP contribution < -0.4 is 9.64 Å². The minimum absolute atomic E-state index is 0.0445. The van der Waals surface area contributed by atoms with E-state index in [4.69, 9.17) is 16.3 Å². The molecule has 2 atom stereocenters. The van der Waals surface area contributed by atoms with Gasteiger partial charge in [0.2, 0.25) is 0 Å². The summed E-state index contributed by atoms with van der Waals surface area (Å²) in [5.41, 5.74) is 1.57. The van der Waals surface area contributed by atoms with E-state index in [-0.39, 0.29) is 35.1 Å². The van der Waals surface area contributed by atoms with E-state index in [1.54, 1.807) is 37.4 Å². The predicted octanol–water partition coefficient (Wildman–Crippen LogP) is 3.19. The van der Waals surface area contributed by atoms with Crippen molar-refractivity contribution in [1.82, 2.24) is 0 Å². The molecule has 0 unspecified atom stereocenters. The summed E-state index contributed by atoms with van der Waals surface area (Å²) in [4.78, 5) is 18.8. The summed E-state index contributed by atoms with van der Waals surface area (Å²) in [6.45, 7) is 0. The highest BCUT2D eigenvalue weighted by atomic mass is 35.5. The maximum atomic E-state index is 12.6.